The van der Waals surface area contributed by atoms with E-state index in [9.17, 15) is 29.0 Å². The summed E-state index contributed by atoms with van der Waals surface area (Å²) in [5, 5.41) is 23.0. The van der Waals surface area contributed by atoms with Crippen molar-refractivity contribution in [1.82, 2.24) is 14.9 Å². The molecule has 1 aromatic carbocycles. The summed E-state index contributed by atoms with van der Waals surface area (Å²) in [7, 11) is 0. The van der Waals surface area contributed by atoms with Crippen LogP contribution in [-0.4, -0.2) is 37.7 Å². The number of esters is 1. The number of hydrogen-bond donors (Lipinski definition) is 3. The lowest BCUT2D eigenvalue weighted by atomic mass is 9.86. The van der Waals surface area contributed by atoms with Gasteiger partial charge in [0, 0.05) is 29.1 Å². The summed E-state index contributed by atoms with van der Waals surface area (Å²) in [5.41, 5.74) is -1.40. The molecule has 3 aromatic rings. The fourth-order valence-electron chi connectivity index (χ4n) is 5.33. The summed E-state index contributed by atoms with van der Waals surface area (Å²) in [6.45, 7) is 0.945. The van der Waals surface area contributed by atoms with Crippen LogP contribution < -0.4 is 10.9 Å². The molecule has 1 aliphatic carbocycles. The highest BCUT2D eigenvalue weighted by Gasteiger charge is 2.45. The number of nitrogens with zero attached hydrogens (tertiary/aromatic N) is 2. The number of aromatic nitrogens is 2. The number of aliphatic hydroxyl groups is 2. The molecule has 2 aliphatic heterocycles. The fraction of sp³-hybridized carbons (Fsp3) is 0.385. The zero-order chi connectivity index (χ0) is 27.1. The maximum atomic E-state index is 15.3. The van der Waals surface area contributed by atoms with Crippen molar-refractivity contribution in [2.45, 2.75) is 57.6 Å². The number of fused-ring (bicyclic) bond motifs is 5. The second-order valence-corrected chi connectivity index (χ2v) is 10.3. The van der Waals surface area contributed by atoms with Crippen molar-refractivity contribution in [2.24, 2.45) is 5.92 Å². The van der Waals surface area contributed by atoms with Gasteiger partial charge in [-0.05, 0) is 36.8 Å². The lowest BCUT2D eigenvalue weighted by molar-refractivity contribution is -0.172. The van der Waals surface area contributed by atoms with E-state index in [1.54, 1.807) is 6.92 Å². The number of rotatable bonds is 5. The predicted molar refractivity (Wildman–Crippen MR) is 130 cm³/mol. The van der Waals surface area contributed by atoms with Gasteiger partial charge in [0.15, 0.2) is 11.4 Å². The van der Waals surface area contributed by atoms with Crippen LogP contribution in [-0.2, 0) is 39.6 Å². The van der Waals surface area contributed by atoms with Crippen LogP contribution in [0.1, 0.15) is 48.4 Å². The molecule has 198 valence electrons. The molecular weight excluding hydrogens is 524 g/mol. The lowest BCUT2D eigenvalue weighted by Crippen LogP contribution is -2.44. The molecule has 1 fully saturated rings. The molecule has 38 heavy (non-hydrogen) atoms. The van der Waals surface area contributed by atoms with E-state index in [0.717, 1.165) is 18.9 Å². The molecule has 2 atom stereocenters. The first-order valence-electron chi connectivity index (χ1n) is 12.2. The number of carbonyl (C=O) groups is 2. The number of amides is 1. The van der Waals surface area contributed by atoms with E-state index in [2.05, 4.69) is 10.3 Å². The maximum absolute atomic E-state index is 15.3. The second kappa shape index (κ2) is 8.55. The summed E-state index contributed by atoms with van der Waals surface area (Å²) in [6, 6.07) is 2.44. The third kappa shape index (κ3) is 3.49. The van der Waals surface area contributed by atoms with Gasteiger partial charge in [0.1, 0.15) is 23.6 Å². The molecule has 0 radical (unpaired) electrons. The average molecular weight is 546 g/mol. The molecular formula is C26H22ClF2N3O6. The number of hydrogen-bond acceptors (Lipinski definition) is 7. The molecule has 0 saturated heterocycles. The van der Waals surface area contributed by atoms with Crippen molar-refractivity contribution in [2.75, 3.05) is 0 Å². The largest absolute Gasteiger partial charge is 0.458 e. The maximum Gasteiger partial charge on any atom is 0.343 e. The Kier molecular flexibility index (Phi) is 5.60. The van der Waals surface area contributed by atoms with E-state index in [4.69, 9.17) is 16.3 Å². The molecule has 0 spiro atoms. The highest BCUT2D eigenvalue weighted by molar-refractivity contribution is 6.31. The number of ether oxygens (including phenoxy) is 1. The number of halogens is 3. The van der Waals surface area contributed by atoms with Crippen molar-refractivity contribution in [3.05, 3.63) is 61.4 Å². The van der Waals surface area contributed by atoms with Crippen LogP contribution in [0.2, 0.25) is 5.02 Å². The lowest BCUT2D eigenvalue weighted by Gasteiger charge is -2.31. The first kappa shape index (κ1) is 24.9. The third-order valence-corrected chi connectivity index (χ3v) is 8.05. The zero-order valence-corrected chi connectivity index (χ0v) is 20.9. The summed E-state index contributed by atoms with van der Waals surface area (Å²) < 4.78 is 36.2. The van der Waals surface area contributed by atoms with Crippen LogP contribution in [0.5, 0.6) is 0 Å². The minimum Gasteiger partial charge on any atom is -0.458 e. The molecule has 9 nitrogen and oxygen atoms in total. The van der Waals surface area contributed by atoms with E-state index in [0.29, 0.717) is 5.56 Å². The number of cyclic esters (lactones) is 1. The number of benzene rings is 1. The molecule has 4 heterocycles. The summed E-state index contributed by atoms with van der Waals surface area (Å²) in [5.74, 6) is -3.74. The SMILES string of the molecule is CC[C@@]1(O)C(=O)OCc2c1cc1n(c2=O)Cc2c-1nc1cc(F)c(Cl)c(F)c1c2CNC(=O)[C@@H](O)C1CC1. The van der Waals surface area contributed by atoms with Crippen LogP contribution in [0, 0.1) is 17.6 Å². The van der Waals surface area contributed by atoms with Gasteiger partial charge in [-0.3, -0.25) is 9.59 Å². The summed E-state index contributed by atoms with van der Waals surface area (Å²) >= 11 is 5.87. The van der Waals surface area contributed by atoms with E-state index >= 15 is 4.39 Å². The molecule has 2 aromatic heterocycles. The molecule has 1 amide bonds. The van der Waals surface area contributed by atoms with Gasteiger partial charge in [-0.2, -0.15) is 0 Å². The normalized spacial score (nSPS) is 20.5. The Hall–Kier alpha value is -3.41. The Morgan fingerprint density at radius 3 is 2.74 bits per heavy atom. The Morgan fingerprint density at radius 1 is 1.32 bits per heavy atom. The van der Waals surface area contributed by atoms with Gasteiger partial charge in [-0.15, -0.1) is 0 Å². The molecule has 3 N–H and O–H groups in total. The Bertz CT molecular complexity index is 1640. The van der Waals surface area contributed by atoms with Gasteiger partial charge < -0.3 is 24.8 Å². The van der Waals surface area contributed by atoms with E-state index < -0.39 is 45.8 Å². The van der Waals surface area contributed by atoms with Crippen LogP contribution in [0.3, 0.4) is 0 Å². The van der Waals surface area contributed by atoms with Gasteiger partial charge in [-0.1, -0.05) is 18.5 Å². The molecule has 3 aliphatic rings. The molecule has 1 saturated carbocycles. The number of aliphatic hydroxyl groups excluding tert-OH is 1. The minimum atomic E-state index is -2.04. The molecule has 0 bridgehead atoms. The Morgan fingerprint density at radius 2 is 2.05 bits per heavy atom. The average Bonchev–Trinajstić information content (AvgIpc) is 3.69. The zero-order valence-electron chi connectivity index (χ0n) is 20.1. The Labute approximate surface area is 219 Å². The van der Waals surface area contributed by atoms with E-state index in [-0.39, 0.29) is 71.0 Å². The van der Waals surface area contributed by atoms with Gasteiger partial charge >= 0.3 is 5.97 Å². The monoisotopic (exact) mass is 545 g/mol. The topological polar surface area (TPSA) is 131 Å². The van der Waals surface area contributed by atoms with Gasteiger partial charge in [0.05, 0.1) is 29.0 Å². The molecule has 0 unspecified atom stereocenters. The van der Waals surface area contributed by atoms with E-state index in [1.165, 1.54) is 10.6 Å². The third-order valence-electron chi connectivity index (χ3n) is 7.70. The van der Waals surface area contributed by atoms with Gasteiger partial charge in [-0.25, -0.2) is 18.6 Å². The first-order chi connectivity index (χ1) is 18.1. The second-order valence-electron chi connectivity index (χ2n) is 9.90. The highest BCUT2D eigenvalue weighted by atomic mass is 35.5. The van der Waals surface area contributed by atoms with Crippen LogP contribution in [0.15, 0.2) is 16.9 Å². The van der Waals surface area contributed by atoms with Crippen LogP contribution >= 0.6 is 11.6 Å². The highest BCUT2D eigenvalue weighted by Crippen LogP contribution is 2.41. The van der Waals surface area contributed by atoms with Crippen LogP contribution in [0.4, 0.5) is 8.78 Å². The summed E-state index contributed by atoms with van der Waals surface area (Å²) in [4.78, 5) is 42.9. The quantitative estimate of drug-likeness (QED) is 0.259. The standard InChI is InChI=1S/C26H22ClF2N3O6/c1-2-26(37)14-5-17-21-12(8-32(17)24(35)13(14)9-38-25(26)36)11(7-30-23(34)22(33)10-3-4-10)18-16(31-21)6-15(28)19(27)20(18)29/h5-6,10,22,33,37H,2-4,7-9H2,1H3,(H,30,34)/t22-,26-/m0/s1. The van der Waals surface area contributed by atoms with Crippen molar-refractivity contribution in [3.8, 4) is 11.4 Å². The van der Waals surface area contributed by atoms with Gasteiger partial charge in [0.25, 0.3) is 5.56 Å². The number of pyridine rings is 2. The smallest absolute Gasteiger partial charge is 0.343 e. The van der Waals surface area contributed by atoms with Crippen molar-refractivity contribution < 1.29 is 33.3 Å². The molecule has 12 heteroatoms. The van der Waals surface area contributed by atoms with Gasteiger partial charge in [0.2, 0.25) is 5.91 Å². The minimum absolute atomic E-state index is 0.0464. The number of carbonyl (C=O) groups excluding carboxylic acids is 2. The van der Waals surface area contributed by atoms with Crippen molar-refractivity contribution in [1.29, 1.82) is 0 Å². The summed E-state index contributed by atoms with van der Waals surface area (Å²) in [6.07, 6.45) is 0.197. The van der Waals surface area contributed by atoms with Crippen molar-refractivity contribution in [3.63, 3.8) is 0 Å². The van der Waals surface area contributed by atoms with Crippen LogP contribution in [0.25, 0.3) is 22.3 Å². The van der Waals surface area contributed by atoms with Crippen molar-refractivity contribution >= 4 is 34.4 Å². The molecule has 6 rings (SSSR count). The fourth-order valence-corrected chi connectivity index (χ4v) is 5.48. The predicted octanol–water partition coefficient (Wildman–Crippen LogP) is 2.40. The van der Waals surface area contributed by atoms with E-state index in [1.807, 2.05) is 0 Å². The Balaban J connectivity index is 1.56. The number of nitrogens with one attached hydrogen (secondary N) is 1. The first-order valence-corrected chi connectivity index (χ1v) is 12.6.